The van der Waals surface area contributed by atoms with Gasteiger partial charge in [-0.15, -0.1) is 11.3 Å². The van der Waals surface area contributed by atoms with Gasteiger partial charge in [0.1, 0.15) is 16.7 Å². The Morgan fingerprint density at radius 1 is 1.24 bits per heavy atom. The van der Waals surface area contributed by atoms with Crippen LogP contribution in [-0.2, 0) is 22.5 Å². The van der Waals surface area contributed by atoms with E-state index in [1.165, 1.54) is 11.3 Å². The summed E-state index contributed by atoms with van der Waals surface area (Å²) in [6.07, 6.45) is 0.161. The third-order valence-corrected chi connectivity index (χ3v) is 5.27. The molecule has 1 aliphatic rings. The van der Waals surface area contributed by atoms with Crippen LogP contribution in [0.5, 0.6) is 0 Å². The summed E-state index contributed by atoms with van der Waals surface area (Å²) in [5, 5.41) is 12.8. The Morgan fingerprint density at radius 2 is 1.97 bits per heavy atom. The van der Waals surface area contributed by atoms with Crippen molar-refractivity contribution in [3.8, 4) is 17.9 Å². The first-order chi connectivity index (χ1) is 13.8. The number of carbonyl (C=O) groups excluding carboxylic acids is 2. The second kappa shape index (κ2) is 8.38. The van der Waals surface area contributed by atoms with E-state index in [9.17, 15) is 14.9 Å². The van der Waals surface area contributed by atoms with Crippen LogP contribution in [0.2, 0.25) is 0 Å². The van der Waals surface area contributed by atoms with E-state index in [0.717, 1.165) is 16.0 Å². The van der Waals surface area contributed by atoms with Crippen LogP contribution in [0.15, 0.2) is 30.3 Å². The lowest BCUT2D eigenvalue weighted by atomic mass is 10.0. The Kier molecular flexibility index (Phi) is 5.91. The van der Waals surface area contributed by atoms with E-state index in [-0.39, 0.29) is 6.09 Å². The predicted octanol–water partition coefficient (Wildman–Crippen LogP) is 3.90. The monoisotopic (exact) mass is 407 g/mol. The minimum absolute atomic E-state index is 0.356. The molecule has 6 nitrogen and oxygen atoms in total. The summed E-state index contributed by atoms with van der Waals surface area (Å²) in [5.41, 5.74) is 1.50. The maximum atomic E-state index is 12.3. The first kappa shape index (κ1) is 20.4. The van der Waals surface area contributed by atoms with Gasteiger partial charge in [0.05, 0.1) is 12.1 Å². The lowest BCUT2D eigenvalue weighted by Gasteiger charge is -2.29. The molecule has 3 rings (SSSR count). The van der Waals surface area contributed by atoms with Gasteiger partial charge in [-0.25, -0.2) is 4.79 Å². The molecule has 7 heteroatoms. The van der Waals surface area contributed by atoms with Crippen LogP contribution in [0.1, 0.15) is 42.3 Å². The molecule has 0 atom stereocenters. The molecular weight excluding hydrogens is 386 g/mol. The maximum Gasteiger partial charge on any atom is 0.410 e. The zero-order chi connectivity index (χ0) is 21.0. The molecule has 1 N–H and O–H groups in total. The lowest BCUT2D eigenvalue weighted by molar-refractivity contribution is -0.111. The normalized spacial score (nSPS) is 12.8. The number of amides is 2. The second-order valence-electron chi connectivity index (χ2n) is 7.54. The first-order valence-electron chi connectivity index (χ1n) is 9.17. The van der Waals surface area contributed by atoms with Crippen molar-refractivity contribution in [1.29, 1.82) is 5.26 Å². The zero-order valence-corrected chi connectivity index (χ0v) is 17.4. The molecule has 29 heavy (non-hydrogen) atoms. The number of benzene rings is 1. The molecule has 0 bridgehead atoms. The number of hydrogen-bond acceptors (Lipinski definition) is 5. The third-order valence-electron chi connectivity index (χ3n) is 4.14. The average Bonchev–Trinajstić information content (AvgIpc) is 3.01. The Balaban J connectivity index is 1.75. The fraction of sp³-hybridized carbons (Fsp3) is 0.318. The Labute approximate surface area is 174 Å². The molecule has 1 aliphatic heterocycles. The molecular formula is C22H21N3O3S. The predicted molar refractivity (Wildman–Crippen MR) is 111 cm³/mol. The van der Waals surface area contributed by atoms with Crippen molar-refractivity contribution >= 4 is 28.3 Å². The average molecular weight is 407 g/mol. The minimum Gasteiger partial charge on any atom is -0.444 e. The highest BCUT2D eigenvalue weighted by Crippen LogP contribution is 2.36. The second-order valence-corrected chi connectivity index (χ2v) is 8.65. The molecule has 2 heterocycles. The van der Waals surface area contributed by atoms with Crippen LogP contribution in [0, 0.1) is 23.2 Å². The van der Waals surface area contributed by atoms with E-state index < -0.39 is 11.5 Å². The number of fused-ring (bicyclic) bond motifs is 1. The number of hydrogen-bond donors (Lipinski definition) is 1. The van der Waals surface area contributed by atoms with Crippen molar-refractivity contribution in [2.45, 2.75) is 39.3 Å². The standard InChI is InChI=1S/C22H21N3O3S/c1-22(2,3)28-21(27)25-12-11-16-17(13-23)20(29-18(16)14-25)24-19(26)10-9-15-7-5-4-6-8-15/h4-8H,11-12,14H2,1-3H3,(H,24,26). The van der Waals surface area contributed by atoms with Crippen LogP contribution in [0.3, 0.4) is 0 Å². The van der Waals surface area contributed by atoms with E-state index in [2.05, 4.69) is 23.2 Å². The van der Waals surface area contributed by atoms with Gasteiger partial charge in [-0.1, -0.05) is 24.1 Å². The van der Waals surface area contributed by atoms with Gasteiger partial charge in [0, 0.05) is 22.9 Å². The summed E-state index contributed by atoms with van der Waals surface area (Å²) in [4.78, 5) is 27.1. The van der Waals surface area contributed by atoms with Crippen LogP contribution < -0.4 is 5.32 Å². The van der Waals surface area contributed by atoms with Crippen LogP contribution in [-0.4, -0.2) is 29.0 Å². The summed E-state index contributed by atoms with van der Waals surface area (Å²) >= 11 is 1.30. The Hall–Kier alpha value is -3.29. The van der Waals surface area contributed by atoms with Gasteiger partial charge in [-0.2, -0.15) is 5.26 Å². The van der Waals surface area contributed by atoms with Gasteiger partial charge in [0.25, 0.3) is 0 Å². The molecule has 0 saturated carbocycles. The first-order valence-corrected chi connectivity index (χ1v) is 9.99. The minimum atomic E-state index is -0.568. The number of ether oxygens (including phenoxy) is 1. The number of thiophene rings is 1. The number of rotatable bonds is 1. The van der Waals surface area contributed by atoms with E-state index in [1.54, 1.807) is 4.90 Å². The summed E-state index contributed by atoms with van der Waals surface area (Å²) in [6, 6.07) is 11.4. The van der Waals surface area contributed by atoms with Gasteiger partial charge in [0.15, 0.2) is 0 Å². The van der Waals surface area contributed by atoms with Crippen LogP contribution in [0.25, 0.3) is 0 Å². The van der Waals surface area contributed by atoms with Crippen molar-refractivity contribution in [3.63, 3.8) is 0 Å². The topological polar surface area (TPSA) is 82.4 Å². The highest BCUT2D eigenvalue weighted by Gasteiger charge is 2.29. The molecule has 0 saturated heterocycles. The number of carbonyl (C=O) groups is 2. The molecule has 0 unspecified atom stereocenters. The van der Waals surface area contributed by atoms with Gasteiger partial charge < -0.3 is 15.0 Å². The highest BCUT2D eigenvalue weighted by molar-refractivity contribution is 7.16. The van der Waals surface area contributed by atoms with Crippen LogP contribution in [0.4, 0.5) is 9.80 Å². The van der Waals surface area contributed by atoms with E-state index in [1.807, 2.05) is 51.1 Å². The Morgan fingerprint density at radius 3 is 2.62 bits per heavy atom. The van der Waals surface area contributed by atoms with Crippen molar-refractivity contribution < 1.29 is 14.3 Å². The van der Waals surface area contributed by atoms with Gasteiger partial charge in [0.2, 0.25) is 0 Å². The summed E-state index contributed by atoms with van der Waals surface area (Å²) < 4.78 is 5.43. The van der Waals surface area contributed by atoms with Gasteiger partial charge in [-0.3, -0.25) is 4.79 Å². The number of nitrogens with one attached hydrogen (secondary N) is 1. The van der Waals surface area contributed by atoms with Crippen molar-refractivity contribution in [2.24, 2.45) is 0 Å². The summed E-state index contributed by atoms with van der Waals surface area (Å²) in [6.45, 7) is 6.29. The van der Waals surface area contributed by atoms with Crippen molar-refractivity contribution in [1.82, 2.24) is 4.90 Å². The summed E-state index contributed by atoms with van der Waals surface area (Å²) in [5.74, 6) is 4.86. The number of anilines is 1. The molecule has 2 aromatic rings. The molecule has 1 aromatic carbocycles. The molecule has 2 amide bonds. The highest BCUT2D eigenvalue weighted by atomic mass is 32.1. The molecule has 0 aliphatic carbocycles. The largest absolute Gasteiger partial charge is 0.444 e. The van der Waals surface area contributed by atoms with E-state index >= 15 is 0 Å². The molecule has 1 aromatic heterocycles. The number of nitriles is 1. The molecule has 148 valence electrons. The number of nitrogens with zero attached hydrogens (tertiary/aromatic N) is 2. The Bertz CT molecular complexity index is 1030. The van der Waals surface area contributed by atoms with Crippen LogP contribution >= 0.6 is 11.3 Å². The lowest BCUT2D eigenvalue weighted by Crippen LogP contribution is -2.39. The molecule has 0 spiro atoms. The third kappa shape index (κ3) is 5.16. The van der Waals surface area contributed by atoms with E-state index in [4.69, 9.17) is 4.74 Å². The van der Waals surface area contributed by atoms with E-state index in [0.29, 0.717) is 30.1 Å². The van der Waals surface area contributed by atoms with Gasteiger partial charge in [-0.05, 0) is 44.9 Å². The summed E-state index contributed by atoms with van der Waals surface area (Å²) in [7, 11) is 0. The SMILES string of the molecule is CC(C)(C)OC(=O)N1CCc2c(sc(NC(=O)C#Cc3ccccc3)c2C#N)C1. The van der Waals surface area contributed by atoms with Gasteiger partial charge >= 0.3 is 12.0 Å². The fourth-order valence-electron chi connectivity index (χ4n) is 2.88. The van der Waals surface area contributed by atoms with Crippen molar-refractivity contribution in [2.75, 3.05) is 11.9 Å². The smallest absolute Gasteiger partial charge is 0.410 e. The maximum absolute atomic E-state index is 12.3. The molecule has 0 radical (unpaired) electrons. The quantitative estimate of drug-likeness (QED) is 0.727. The molecule has 0 fully saturated rings. The fourth-order valence-corrected chi connectivity index (χ4v) is 4.09. The van der Waals surface area contributed by atoms with Crippen molar-refractivity contribution in [3.05, 3.63) is 51.9 Å². The zero-order valence-electron chi connectivity index (χ0n) is 16.5.